The van der Waals surface area contributed by atoms with Crippen LogP contribution in [0.1, 0.15) is 25.3 Å². The minimum atomic E-state index is -0.521. The van der Waals surface area contributed by atoms with Gasteiger partial charge >= 0.3 is 0 Å². The maximum Gasteiger partial charge on any atom is 0.249 e. The molecule has 1 heterocycles. The Labute approximate surface area is 132 Å². The highest BCUT2D eigenvalue weighted by molar-refractivity contribution is 9.10. The highest BCUT2D eigenvalue weighted by Crippen LogP contribution is 2.47. The van der Waals surface area contributed by atoms with Gasteiger partial charge in [-0.25, -0.2) is 0 Å². The molecule has 0 atom stereocenters. The number of carbonyl (C=O) groups is 1. The number of carbonyl (C=O) groups excluding carboxylic acids is 1. The normalized spacial score (nSPS) is 24.4. The van der Waals surface area contributed by atoms with E-state index in [2.05, 4.69) is 44.0 Å². The molecule has 0 radical (unpaired) electrons. The van der Waals surface area contributed by atoms with Crippen molar-refractivity contribution in [3.8, 4) is 0 Å². The minimum Gasteiger partial charge on any atom is -0.364 e. The molecule has 0 aliphatic heterocycles. The number of thiocarbonyl (C=S) groups is 1. The Morgan fingerprint density at radius 3 is 2.70 bits per heavy atom. The first kappa shape index (κ1) is 15.2. The fourth-order valence-electron chi connectivity index (χ4n) is 2.65. The van der Waals surface area contributed by atoms with E-state index in [-0.39, 0.29) is 5.91 Å². The summed E-state index contributed by atoms with van der Waals surface area (Å²) in [5.74, 6) is 0.448. The topological polar surface area (TPSA) is 66.0 Å². The Balaban J connectivity index is 2.18. The van der Waals surface area contributed by atoms with Gasteiger partial charge in [-0.1, -0.05) is 6.92 Å². The predicted octanol–water partition coefficient (Wildman–Crippen LogP) is 1.64. The van der Waals surface area contributed by atoms with E-state index in [1.54, 1.807) is 19.4 Å². The van der Waals surface area contributed by atoms with Crippen LogP contribution in [0.15, 0.2) is 22.9 Å². The number of pyridine rings is 1. The van der Waals surface area contributed by atoms with Crippen molar-refractivity contribution in [3.63, 3.8) is 0 Å². The third kappa shape index (κ3) is 2.93. The van der Waals surface area contributed by atoms with Crippen LogP contribution >= 0.6 is 28.1 Å². The molecule has 0 bridgehead atoms. The van der Waals surface area contributed by atoms with Crippen molar-refractivity contribution in [2.45, 2.75) is 25.2 Å². The number of nitrogens with one attached hydrogen (secondary N) is 3. The number of hydrogen-bond donors (Lipinski definition) is 3. The van der Waals surface area contributed by atoms with E-state index in [1.807, 2.05) is 6.07 Å². The van der Waals surface area contributed by atoms with E-state index >= 15 is 0 Å². The molecule has 0 unspecified atom stereocenters. The van der Waals surface area contributed by atoms with Crippen molar-refractivity contribution in [2.24, 2.45) is 5.92 Å². The first-order chi connectivity index (χ1) is 9.48. The molecule has 2 rings (SSSR count). The third-order valence-corrected chi connectivity index (χ3v) is 4.34. The number of aromatic nitrogens is 1. The molecule has 7 heteroatoms. The van der Waals surface area contributed by atoms with Gasteiger partial charge in [0, 0.05) is 23.9 Å². The third-order valence-electron chi connectivity index (χ3n) is 3.60. The quantitative estimate of drug-likeness (QED) is 0.555. The van der Waals surface area contributed by atoms with Gasteiger partial charge in [-0.05, 0) is 58.5 Å². The zero-order valence-corrected chi connectivity index (χ0v) is 13.8. The van der Waals surface area contributed by atoms with Gasteiger partial charge in [0.25, 0.3) is 0 Å². The van der Waals surface area contributed by atoms with Crippen LogP contribution in [0, 0.1) is 5.92 Å². The highest BCUT2D eigenvalue weighted by Gasteiger charge is 2.50. The van der Waals surface area contributed by atoms with E-state index in [0.29, 0.717) is 11.0 Å². The van der Waals surface area contributed by atoms with Gasteiger partial charge in [0.15, 0.2) is 5.11 Å². The van der Waals surface area contributed by atoms with Crippen LogP contribution in [0.4, 0.5) is 0 Å². The summed E-state index contributed by atoms with van der Waals surface area (Å²) in [6, 6.07) is 1.95. The largest absolute Gasteiger partial charge is 0.364 e. The Kier molecular flexibility index (Phi) is 4.59. The molecule has 1 aliphatic carbocycles. The molecule has 3 N–H and O–H groups in total. The lowest BCUT2D eigenvalue weighted by atomic mass is 9.59. The summed E-state index contributed by atoms with van der Waals surface area (Å²) in [6.07, 6.45) is 5.09. The molecule has 1 aliphatic rings. The zero-order valence-electron chi connectivity index (χ0n) is 11.4. The fourth-order valence-corrected chi connectivity index (χ4v) is 3.07. The number of hydrazine groups is 1. The van der Waals surface area contributed by atoms with Gasteiger partial charge < -0.3 is 5.32 Å². The standard InChI is InChI=1S/C13H17BrN4OS/c1-8-4-13(5-8,9-3-10(14)7-16-6-9)11(19)17-18-12(20)15-2/h3,6-8H,4-5H2,1-2H3,(H,17,19)(H2,15,18,20). The molecule has 20 heavy (non-hydrogen) atoms. The van der Waals surface area contributed by atoms with Crippen LogP contribution in [0.25, 0.3) is 0 Å². The van der Waals surface area contributed by atoms with Crippen molar-refractivity contribution in [3.05, 3.63) is 28.5 Å². The van der Waals surface area contributed by atoms with Crippen LogP contribution < -0.4 is 16.2 Å². The molecule has 0 spiro atoms. The molecule has 1 aromatic rings. The molecule has 0 aromatic carbocycles. The van der Waals surface area contributed by atoms with E-state index in [0.717, 1.165) is 22.9 Å². The fraction of sp³-hybridized carbons (Fsp3) is 0.462. The summed E-state index contributed by atoms with van der Waals surface area (Å²) in [5, 5.41) is 3.13. The van der Waals surface area contributed by atoms with Crippen molar-refractivity contribution >= 4 is 39.2 Å². The average molecular weight is 357 g/mol. The minimum absolute atomic E-state index is 0.0758. The highest BCUT2D eigenvalue weighted by atomic mass is 79.9. The van der Waals surface area contributed by atoms with Crippen molar-refractivity contribution < 1.29 is 4.79 Å². The monoisotopic (exact) mass is 356 g/mol. The van der Waals surface area contributed by atoms with Crippen molar-refractivity contribution in [1.82, 2.24) is 21.2 Å². The SMILES string of the molecule is CNC(=S)NNC(=O)C1(c2cncc(Br)c2)CC(C)C1. The first-order valence-corrected chi connectivity index (χ1v) is 7.57. The molecule has 0 saturated heterocycles. The van der Waals surface area contributed by atoms with E-state index in [9.17, 15) is 4.79 Å². The number of rotatable bonds is 2. The molecular formula is C13H17BrN4OS. The van der Waals surface area contributed by atoms with Crippen LogP contribution in [0.5, 0.6) is 0 Å². The predicted molar refractivity (Wildman–Crippen MR) is 84.9 cm³/mol. The molecule has 5 nitrogen and oxygen atoms in total. The molecule has 1 saturated carbocycles. The second-order valence-electron chi connectivity index (χ2n) is 5.15. The lowest BCUT2D eigenvalue weighted by Gasteiger charge is -2.45. The Hall–Kier alpha value is -1.21. The van der Waals surface area contributed by atoms with Crippen LogP contribution in [-0.2, 0) is 10.2 Å². The summed E-state index contributed by atoms with van der Waals surface area (Å²) in [7, 11) is 1.70. The molecule has 1 aromatic heterocycles. The van der Waals surface area contributed by atoms with E-state index in [4.69, 9.17) is 12.2 Å². The molecule has 1 fully saturated rings. The summed E-state index contributed by atoms with van der Waals surface area (Å²) in [6.45, 7) is 2.14. The Morgan fingerprint density at radius 1 is 1.45 bits per heavy atom. The van der Waals surface area contributed by atoms with Crippen LogP contribution in [0.3, 0.4) is 0 Å². The lowest BCUT2D eigenvalue weighted by molar-refractivity contribution is -0.132. The Bertz CT molecular complexity index is 531. The number of hydrogen-bond acceptors (Lipinski definition) is 3. The average Bonchev–Trinajstić information content (AvgIpc) is 2.40. The van der Waals surface area contributed by atoms with E-state index in [1.165, 1.54) is 0 Å². The number of halogens is 1. The van der Waals surface area contributed by atoms with Gasteiger partial charge in [-0.15, -0.1) is 0 Å². The summed E-state index contributed by atoms with van der Waals surface area (Å²) >= 11 is 8.36. The zero-order chi connectivity index (χ0) is 14.8. The maximum atomic E-state index is 12.5. The van der Waals surface area contributed by atoms with Crippen LogP contribution in [0.2, 0.25) is 0 Å². The summed E-state index contributed by atoms with van der Waals surface area (Å²) < 4.78 is 0.875. The maximum absolute atomic E-state index is 12.5. The van der Waals surface area contributed by atoms with Gasteiger partial charge in [0.05, 0.1) is 5.41 Å². The molecular weight excluding hydrogens is 340 g/mol. The van der Waals surface area contributed by atoms with Gasteiger partial charge in [0.1, 0.15) is 0 Å². The lowest BCUT2D eigenvalue weighted by Crippen LogP contribution is -2.57. The van der Waals surface area contributed by atoms with Gasteiger partial charge in [-0.2, -0.15) is 0 Å². The second kappa shape index (κ2) is 6.05. The van der Waals surface area contributed by atoms with Crippen molar-refractivity contribution in [2.75, 3.05) is 7.05 Å². The van der Waals surface area contributed by atoms with Gasteiger partial charge in [-0.3, -0.25) is 20.6 Å². The summed E-state index contributed by atoms with van der Waals surface area (Å²) in [5.41, 5.74) is 5.78. The Morgan fingerprint density at radius 2 is 2.15 bits per heavy atom. The number of amides is 1. The molecule has 1 amide bonds. The van der Waals surface area contributed by atoms with Crippen LogP contribution in [-0.4, -0.2) is 23.1 Å². The molecule has 108 valence electrons. The first-order valence-electron chi connectivity index (χ1n) is 6.37. The van der Waals surface area contributed by atoms with Gasteiger partial charge in [0.2, 0.25) is 5.91 Å². The van der Waals surface area contributed by atoms with E-state index < -0.39 is 5.41 Å². The smallest absolute Gasteiger partial charge is 0.249 e. The summed E-state index contributed by atoms with van der Waals surface area (Å²) in [4.78, 5) is 16.7. The second-order valence-corrected chi connectivity index (χ2v) is 6.47. The number of nitrogens with zero attached hydrogens (tertiary/aromatic N) is 1. The van der Waals surface area contributed by atoms with Crippen molar-refractivity contribution in [1.29, 1.82) is 0 Å².